The standard InChI is InChI=1S/C8H7BrN4/c9-6-8-12-11-7(5-1-2-5)13(8)4-3-10-6/h3-5H,1-2H2. The predicted molar refractivity (Wildman–Crippen MR) is 50.5 cm³/mol. The van der Waals surface area contributed by atoms with E-state index in [1.165, 1.54) is 12.8 Å². The molecule has 1 fully saturated rings. The van der Waals surface area contributed by atoms with Gasteiger partial charge in [0.05, 0.1) is 0 Å². The van der Waals surface area contributed by atoms with Crippen LogP contribution in [0.2, 0.25) is 0 Å². The largest absolute Gasteiger partial charge is 0.282 e. The second kappa shape index (κ2) is 2.51. The number of rotatable bonds is 1. The average Bonchev–Trinajstić information content (AvgIpc) is 2.87. The highest BCUT2D eigenvalue weighted by Gasteiger charge is 2.28. The van der Waals surface area contributed by atoms with Gasteiger partial charge in [-0.3, -0.25) is 4.40 Å². The molecule has 3 rings (SSSR count). The van der Waals surface area contributed by atoms with E-state index in [1.807, 2.05) is 10.6 Å². The van der Waals surface area contributed by atoms with Gasteiger partial charge in [0.1, 0.15) is 5.82 Å². The van der Waals surface area contributed by atoms with Crippen LogP contribution in [-0.2, 0) is 0 Å². The van der Waals surface area contributed by atoms with E-state index in [2.05, 4.69) is 31.1 Å². The highest BCUT2D eigenvalue weighted by Crippen LogP contribution is 2.39. The normalized spacial score (nSPS) is 16.7. The first-order chi connectivity index (χ1) is 6.36. The second-order valence-electron chi connectivity index (χ2n) is 3.24. The molecule has 2 aromatic rings. The van der Waals surface area contributed by atoms with Crippen LogP contribution in [0, 0.1) is 0 Å². The van der Waals surface area contributed by atoms with E-state index in [9.17, 15) is 0 Å². The second-order valence-corrected chi connectivity index (χ2v) is 4.00. The summed E-state index contributed by atoms with van der Waals surface area (Å²) in [5, 5.41) is 8.24. The molecule has 4 nitrogen and oxygen atoms in total. The smallest absolute Gasteiger partial charge is 0.193 e. The van der Waals surface area contributed by atoms with E-state index in [0.29, 0.717) is 5.92 Å². The van der Waals surface area contributed by atoms with E-state index in [4.69, 9.17) is 0 Å². The third kappa shape index (κ3) is 1.07. The lowest BCUT2D eigenvalue weighted by Gasteiger charge is -1.96. The number of hydrogen-bond donors (Lipinski definition) is 0. The fraction of sp³-hybridized carbons (Fsp3) is 0.375. The van der Waals surface area contributed by atoms with Gasteiger partial charge >= 0.3 is 0 Å². The van der Waals surface area contributed by atoms with Crippen molar-refractivity contribution in [3.05, 3.63) is 22.8 Å². The maximum absolute atomic E-state index is 4.16. The molecule has 0 amide bonds. The quantitative estimate of drug-likeness (QED) is 0.761. The SMILES string of the molecule is Brc1nccn2c(C3CC3)nnc12. The molecule has 1 saturated carbocycles. The number of fused-ring (bicyclic) bond motifs is 1. The summed E-state index contributed by atoms with van der Waals surface area (Å²) in [7, 11) is 0. The Morgan fingerprint density at radius 3 is 3.00 bits per heavy atom. The minimum atomic E-state index is 0.615. The van der Waals surface area contributed by atoms with Gasteiger partial charge in [0.25, 0.3) is 0 Å². The van der Waals surface area contributed by atoms with Crippen LogP contribution in [0.15, 0.2) is 17.0 Å². The maximum Gasteiger partial charge on any atom is 0.193 e. The summed E-state index contributed by atoms with van der Waals surface area (Å²) in [4.78, 5) is 4.09. The van der Waals surface area contributed by atoms with Crippen molar-refractivity contribution in [1.29, 1.82) is 0 Å². The van der Waals surface area contributed by atoms with Crippen LogP contribution in [0.5, 0.6) is 0 Å². The van der Waals surface area contributed by atoms with Crippen molar-refractivity contribution in [2.45, 2.75) is 18.8 Å². The Hall–Kier alpha value is -0.970. The van der Waals surface area contributed by atoms with E-state index >= 15 is 0 Å². The Labute approximate surface area is 83.1 Å². The summed E-state index contributed by atoms with van der Waals surface area (Å²) in [6.45, 7) is 0. The molecule has 0 N–H and O–H groups in total. The molecule has 0 aromatic carbocycles. The zero-order valence-electron chi connectivity index (χ0n) is 6.81. The summed E-state index contributed by atoms with van der Waals surface area (Å²) >= 11 is 3.35. The van der Waals surface area contributed by atoms with Gasteiger partial charge in [0.15, 0.2) is 10.3 Å². The van der Waals surface area contributed by atoms with E-state index in [0.717, 1.165) is 16.1 Å². The van der Waals surface area contributed by atoms with E-state index in [1.54, 1.807) is 6.20 Å². The van der Waals surface area contributed by atoms with Crippen molar-refractivity contribution >= 4 is 21.6 Å². The van der Waals surface area contributed by atoms with Crippen LogP contribution >= 0.6 is 15.9 Å². The fourth-order valence-corrected chi connectivity index (χ4v) is 1.82. The molecular formula is C8H7BrN4. The molecule has 0 radical (unpaired) electrons. The summed E-state index contributed by atoms with van der Waals surface area (Å²) < 4.78 is 2.77. The Morgan fingerprint density at radius 2 is 2.23 bits per heavy atom. The zero-order chi connectivity index (χ0) is 8.84. The first-order valence-corrected chi connectivity index (χ1v) is 5.00. The van der Waals surface area contributed by atoms with Crippen molar-refractivity contribution in [3.63, 3.8) is 0 Å². The third-order valence-electron chi connectivity index (χ3n) is 2.25. The van der Waals surface area contributed by atoms with Gasteiger partial charge in [-0.1, -0.05) is 0 Å². The highest BCUT2D eigenvalue weighted by molar-refractivity contribution is 9.10. The Morgan fingerprint density at radius 1 is 1.38 bits per heavy atom. The van der Waals surface area contributed by atoms with Gasteiger partial charge in [0, 0.05) is 18.3 Å². The predicted octanol–water partition coefficient (Wildman–Crippen LogP) is 1.76. The molecule has 66 valence electrons. The monoisotopic (exact) mass is 238 g/mol. The molecular weight excluding hydrogens is 232 g/mol. The maximum atomic E-state index is 4.16. The molecule has 0 unspecified atom stereocenters. The Balaban J connectivity index is 2.32. The molecule has 13 heavy (non-hydrogen) atoms. The first-order valence-electron chi connectivity index (χ1n) is 4.21. The van der Waals surface area contributed by atoms with Crippen LogP contribution in [-0.4, -0.2) is 19.6 Å². The molecule has 5 heteroatoms. The minimum absolute atomic E-state index is 0.615. The lowest BCUT2D eigenvalue weighted by molar-refractivity contribution is 0.894. The number of nitrogens with zero attached hydrogens (tertiary/aromatic N) is 4. The summed E-state index contributed by atoms with van der Waals surface area (Å²) in [6, 6.07) is 0. The average molecular weight is 239 g/mol. The topological polar surface area (TPSA) is 43.1 Å². The Kier molecular flexibility index (Phi) is 1.44. The van der Waals surface area contributed by atoms with E-state index in [-0.39, 0.29) is 0 Å². The van der Waals surface area contributed by atoms with Gasteiger partial charge in [-0.05, 0) is 28.8 Å². The molecule has 1 aliphatic carbocycles. The van der Waals surface area contributed by atoms with Crippen molar-refractivity contribution in [2.75, 3.05) is 0 Å². The molecule has 0 atom stereocenters. The van der Waals surface area contributed by atoms with Crippen molar-refractivity contribution in [2.24, 2.45) is 0 Å². The number of halogens is 1. The van der Waals surface area contributed by atoms with Crippen LogP contribution in [0.25, 0.3) is 5.65 Å². The molecule has 0 aliphatic heterocycles. The van der Waals surface area contributed by atoms with Gasteiger partial charge in [-0.25, -0.2) is 4.98 Å². The number of hydrogen-bond acceptors (Lipinski definition) is 3. The highest BCUT2D eigenvalue weighted by atomic mass is 79.9. The molecule has 0 spiro atoms. The molecule has 2 heterocycles. The fourth-order valence-electron chi connectivity index (χ4n) is 1.43. The van der Waals surface area contributed by atoms with Crippen LogP contribution in [0.1, 0.15) is 24.6 Å². The van der Waals surface area contributed by atoms with Crippen molar-refractivity contribution < 1.29 is 0 Å². The van der Waals surface area contributed by atoms with Crippen molar-refractivity contribution in [3.8, 4) is 0 Å². The summed E-state index contributed by atoms with van der Waals surface area (Å²) in [6.07, 6.45) is 6.14. The lowest BCUT2D eigenvalue weighted by Crippen LogP contribution is -1.92. The van der Waals surface area contributed by atoms with E-state index < -0.39 is 0 Å². The number of aromatic nitrogens is 4. The lowest BCUT2D eigenvalue weighted by atomic mass is 10.4. The summed E-state index contributed by atoms with van der Waals surface area (Å²) in [5.74, 6) is 1.68. The van der Waals surface area contributed by atoms with Gasteiger partial charge in [-0.2, -0.15) is 0 Å². The Bertz CT molecular complexity index is 460. The molecule has 0 bridgehead atoms. The molecule has 0 saturated heterocycles. The van der Waals surface area contributed by atoms with Crippen LogP contribution in [0.3, 0.4) is 0 Å². The third-order valence-corrected chi connectivity index (χ3v) is 2.81. The van der Waals surface area contributed by atoms with Crippen LogP contribution < -0.4 is 0 Å². The van der Waals surface area contributed by atoms with Crippen LogP contribution in [0.4, 0.5) is 0 Å². The molecule has 1 aliphatic rings. The zero-order valence-corrected chi connectivity index (χ0v) is 8.40. The van der Waals surface area contributed by atoms with Gasteiger partial charge < -0.3 is 0 Å². The minimum Gasteiger partial charge on any atom is -0.282 e. The van der Waals surface area contributed by atoms with Gasteiger partial charge in [0.2, 0.25) is 0 Å². The van der Waals surface area contributed by atoms with Crippen molar-refractivity contribution in [1.82, 2.24) is 19.6 Å². The first kappa shape index (κ1) is 7.44. The summed E-state index contributed by atoms with van der Waals surface area (Å²) in [5.41, 5.74) is 0.810. The molecule has 2 aromatic heterocycles. The van der Waals surface area contributed by atoms with Gasteiger partial charge in [-0.15, -0.1) is 10.2 Å².